The Kier molecular flexibility index (Phi) is 14.6. The molecule has 1 fully saturated rings. The van der Waals surface area contributed by atoms with Gasteiger partial charge in [0, 0.05) is 36.0 Å². The van der Waals surface area contributed by atoms with Crippen molar-refractivity contribution in [2.75, 3.05) is 40.1 Å². The number of carbonyl (C=O) groups excluding carboxylic acids is 4. The maximum atomic E-state index is 14.0. The average Bonchev–Trinajstić information content (AvgIpc) is 3.18. The fourth-order valence-electron chi connectivity index (χ4n) is 7.83. The second-order valence-corrected chi connectivity index (χ2v) is 19.0. The van der Waals surface area contributed by atoms with Crippen LogP contribution in [0.25, 0.3) is 0 Å². The number of aliphatic hydroxyl groups is 3. The van der Waals surface area contributed by atoms with Gasteiger partial charge in [-0.1, -0.05) is 12.1 Å². The summed E-state index contributed by atoms with van der Waals surface area (Å²) < 4.78 is 67.4. The molecule has 1 heterocycles. The Morgan fingerprint density at radius 3 is 2.05 bits per heavy atom. The van der Waals surface area contributed by atoms with E-state index in [2.05, 4.69) is 5.32 Å². The number of aromatic hydroxyl groups is 2. The summed E-state index contributed by atoms with van der Waals surface area (Å²) in [7, 11) is -7.39. The van der Waals surface area contributed by atoms with E-state index in [1.165, 1.54) is 59.9 Å². The van der Waals surface area contributed by atoms with Crippen LogP contribution in [-0.2, 0) is 52.7 Å². The van der Waals surface area contributed by atoms with E-state index in [4.69, 9.17) is 32.3 Å². The molecule has 1 aliphatic heterocycles. The lowest BCUT2D eigenvalue weighted by molar-refractivity contribution is -0.249. The molecule has 1 saturated heterocycles. The van der Waals surface area contributed by atoms with Gasteiger partial charge in [-0.3, -0.25) is 28.3 Å². The normalized spacial score (nSPS) is 24.3. The lowest BCUT2D eigenvalue weighted by Crippen LogP contribution is -2.56. The quantitative estimate of drug-likeness (QED) is 0.0789. The van der Waals surface area contributed by atoms with Crippen molar-refractivity contribution in [2.24, 2.45) is 0 Å². The summed E-state index contributed by atoms with van der Waals surface area (Å²) >= 11 is 0. The van der Waals surface area contributed by atoms with Gasteiger partial charge in [-0.05, 0) is 40.7 Å². The third kappa shape index (κ3) is 8.79. The predicted molar refractivity (Wildman–Crippen MR) is 206 cm³/mol. The molecule has 0 bridgehead atoms. The Hall–Kier alpha value is -3.58. The number of nitrogens with one attached hydrogen (secondary N) is 1. The maximum absolute atomic E-state index is 14.0. The van der Waals surface area contributed by atoms with E-state index in [0.717, 1.165) is 0 Å². The average molecular weight is 872 g/mol. The molecule has 2 aromatic rings. The van der Waals surface area contributed by atoms with Gasteiger partial charge in [0.25, 0.3) is 0 Å². The summed E-state index contributed by atoms with van der Waals surface area (Å²) in [6, 6.07) is 3.06. The lowest BCUT2D eigenvalue weighted by atomic mass is 9.72. The zero-order valence-corrected chi connectivity index (χ0v) is 35.3. The molecule has 0 radical (unpaired) electrons. The largest absolute Gasteiger partial charge is 0.507 e. The zero-order chi connectivity index (χ0) is 43.6. The molecule has 1 amide bonds. The van der Waals surface area contributed by atoms with Crippen LogP contribution in [0.5, 0.6) is 17.2 Å². The molecule has 2 aliphatic carbocycles. The number of ether oxygens (including phenoxy) is 3. The van der Waals surface area contributed by atoms with Gasteiger partial charge >= 0.3 is 15.2 Å². The highest BCUT2D eigenvalue weighted by molar-refractivity contribution is 7.72. The summed E-state index contributed by atoms with van der Waals surface area (Å²) in [5, 5.41) is 57.0. The van der Waals surface area contributed by atoms with Gasteiger partial charge in [0.15, 0.2) is 23.3 Å². The summed E-state index contributed by atoms with van der Waals surface area (Å²) in [6.07, 6.45) is -7.85. The molecule has 19 nitrogen and oxygen atoms in total. The third-order valence-corrected chi connectivity index (χ3v) is 16.4. The molecule has 6 N–H and O–H groups in total. The number of fused-ring (bicyclic) bond motifs is 3. The second-order valence-electron chi connectivity index (χ2n) is 14.1. The van der Waals surface area contributed by atoms with Crippen LogP contribution in [0, 0.1) is 0 Å². The molecule has 0 spiro atoms. The Bertz CT molecular complexity index is 2010. The summed E-state index contributed by atoms with van der Waals surface area (Å²) in [5.41, 5.74) is -4.42. The SMILES string of the molecule is CCOP(=O)(OCC)C(CC(=O)N[C@@H]1C[C@H](O[C@H]2C[C@](O)(C(=O)CO)Cc3c(O)c4c(c(O)c32)C(=O)c2c(OC)cccc2C4=O)O[C@@H](C)[C@H]1O)P(=O)(OCC)OCC. The number of hydrogen-bond donors (Lipinski definition) is 6. The van der Waals surface area contributed by atoms with Crippen molar-refractivity contribution in [1.82, 2.24) is 5.32 Å². The molecule has 3 aliphatic rings. The van der Waals surface area contributed by atoms with E-state index in [-0.39, 0.29) is 60.9 Å². The smallest absolute Gasteiger partial charge is 0.346 e. The molecule has 0 saturated carbocycles. The highest BCUT2D eigenvalue weighted by atomic mass is 31.2. The van der Waals surface area contributed by atoms with Gasteiger partial charge in [-0.2, -0.15) is 0 Å². The second kappa shape index (κ2) is 18.6. The van der Waals surface area contributed by atoms with Crippen molar-refractivity contribution in [1.29, 1.82) is 0 Å². The number of amides is 1. The number of rotatable bonds is 18. The van der Waals surface area contributed by atoms with E-state index in [0.29, 0.717) is 0 Å². The minimum absolute atomic E-state index is 0.0265. The van der Waals surface area contributed by atoms with Crippen molar-refractivity contribution in [3.8, 4) is 17.2 Å². The number of methoxy groups -OCH3 is 1. The third-order valence-electron chi connectivity index (χ3n) is 10.4. The highest BCUT2D eigenvalue weighted by Crippen LogP contribution is 2.71. The molecule has 2 aromatic carbocycles. The van der Waals surface area contributed by atoms with Crippen LogP contribution in [0.1, 0.15) is 103 Å². The van der Waals surface area contributed by atoms with Crippen LogP contribution in [0.15, 0.2) is 18.2 Å². The van der Waals surface area contributed by atoms with Crippen molar-refractivity contribution in [2.45, 2.75) is 102 Å². The van der Waals surface area contributed by atoms with Crippen LogP contribution in [0.2, 0.25) is 0 Å². The minimum atomic E-state index is -4.34. The molecule has 0 unspecified atom stereocenters. The van der Waals surface area contributed by atoms with Crippen molar-refractivity contribution in [3.63, 3.8) is 0 Å². The Morgan fingerprint density at radius 2 is 1.51 bits per heavy atom. The lowest BCUT2D eigenvalue weighted by Gasteiger charge is -2.43. The summed E-state index contributed by atoms with van der Waals surface area (Å²) in [4.78, 5) is 54.6. The topological polar surface area (TPSA) is 280 Å². The highest BCUT2D eigenvalue weighted by Gasteiger charge is 2.53. The van der Waals surface area contributed by atoms with E-state index >= 15 is 0 Å². The number of carbonyl (C=O) groups is 4. The fraction of sp³-hybridized carbons (Fsp3) is 0.579. The van der Waals surface area contributed by atoms with Crippen molar-refractivity contribution < 1.29 is 86.1 Å². The first-order valence-corrected chi connectivity index (χ1v) is 22.4. The van der Waals surface area contributed by atoms with Crippen molar-refractivity contribution in [3.05, 3.63) is 51.6 Å². The van der Waals surface area contributed by atoms with Crippen LogP contribution < -0.4 is 10.1 Å². The Balaban J connectivity index is 1.50. The van der Waals surface area contributed by atoms with Gasteiger partial charge in [0.05, 0.1) is 74.9 Å². The van der Waals surface area contributed by atoms with Crippen molar-refractivity contribution >= 4 is 38.4 Å². The minimum Gasteiger partial charge on any atom is -0.507 e. The predicted octanol–water partition coefficient (Wildman–Crippen LogP) is 3.41. The van der Waals surface area contributed by atoms with E-state index in [9.17, 15) is 53.8 Å². The monoisotopic (exact) mass is 871 g/mol. The zero-order valence-electron chi connectivity index (χ0n) is 33.5. The van der Waals surface area contributed by atoms with E-state index in [1.807, 2.05) is 0 Å². The molecular weight excluding hydrogens is 820 g/mol. The van der Waals surface area contributed by atoms with Crippen LogP contribution >= 0.6 is 15.2 Å². The van der Waals surface area contributed by atoms with Gasteiger partial charge in [-0.15, -0.1) is 0 Å². The van der Waals surface area contributed by atoms with Crippen LogP contribution in [-0.4, -0.2) is 124 Å². The number of phenolic OH excluding ortho intramolecular Hbond substituents is 2. The Labute approximate surface area is 340 Å². The fourth-order valence-corrected chi connectivity index (χ4v) is 13.1. The van der Waals surface area contributed by atoms with Gasteiger partial charge < -0.3 is 63.2 Å². The van der Waals surface area contributed by atoms with Gasteiger partial charge in [0.2, 0.25) is 11.7 Å². The van der Waals surface area contributed by atoms with Crippen LogP contribution in [0.4, 0.5) is 0 Å². The van der Waals surface area contributed by atoms with E-state index in [1.54, 1.807) is 0 Å². The summed E-state index contributed by atoms with van der Waals surface area (Å²) in [6.45, 7) is 5.93. The first kappa shape index (κ1) is 46.5. The number of hydrogen-bond acceptors (Lipinski definition) is 18. The number of ketones is 3. The van der Waals surface area contributed by atoms with Crippen LogP contribution in [0.3, 0.4) is 0 Å². The first-order valence-electron chi connectivity index (χ1n) is 19.2. The first-order chi connectivity index (χ1) is 27.9. The van der Waals surface area contributed by atoms with E-state index < -0.39 is 129 Å². The molecule has 5 rings (SSSR count). The Morgan fingerprint density at radius 1 is 0.932 bits per heavy atom. The number of benzene rings is 2. The molecular formula is C38H51NO18P2. The number of aliphatic hydroxyl groups excluding tert-OH is 2. The van der Waals surface area contributed by atoms with Gasteiger partial charge in [0.1, 0.15) is 35.6 Å². The standard InChI is InChI=1S/C38H51NO18P2/c1-7-52-58(49,53-8-2)28(59(50,54-9-3)55-10-4)15-26(42)39-22-14-27(56-19(5)33(22)43)57-24-17-38(48,25(41)18-40)16-21-30(24)37(47)32-31(35(21)45)34(44)20-12-11-13-23(51-6)29(20)36(32)46/h11-13,19,22,24,27-28,33,40,43,45,47-48H,7-10,14-18H2,1-6H3,(H,39,42)/t19-,22+,24-,27-,33+,38-/m0/s1. The molecule has 21 heteroatoms. The molecule has 0 aromatic heterocycles. The summed E-state index contributed by atoms with van der Waals surface area (Å²) in [5.74, 6) is -5.22. The molecule has 59 heavy (non-hydrogen) atoms. The number of phenols is 2. The maximum Gasteiger partial charge on any atom is 0.346 e. The molecule has 326 valence electrons. The number of Topliss-reactive ketones (excluding diaryl/α,β-unsaturated/α-hetero) is 1. The molecule has 6 atom stereocenters. The van der Waals surface area contributed by atoms with Gasteiger partial charge in [-0.25, -0.2) is 0 Å².